The van der Waals surface area contributed by atoms with Crippen molar-refractivity contribution in [1.29, 1.82) is 0 Å². The number of benzene rings is 2. The van der Waals surface area contributed by atoms with E-state index < -0.39 is 11.9 Å². The summed E-state index contributed by atoms with van der Waals surface area (Å²) in [6.07, 6.45) is 0. The van der Waals surface area contributed by atoms with E-state index in [1.807, 2.05) is 0 Å². The van der Waals surface area contributed by atoms with Crippen LogP contribution in [0.25, 0.3) is 22.4 Å². The first-order valence-corrected chi connectivity index (χ1v) is 6.70. The molecule has 0 saturated carbocycles. The zero-order valence-corrected chi connectivity index (χ0v) is 11.5. The minimum atomic E-state index is -3.20. The molecular formula is C14H7BrF3N2+. The third kappa shape index (κ3) is 1.37. The number of hydrogen-bond acceptors (Lipinski definition) is 0. The number of hydrogen-bond donors (Lipinski definition) is 1. The highest BCUT2D eigenvalue weighted by molar-refractivity contribution is 9.10. The lowest BCUT2D eigenvalue weighted by Crippen LogP contribution is -2.47. The van der Waals surface area contributed by atoms with Gasteiger partial charge in [0.25, 0.3) is 5.82 Å². The first-order chi connectivity index (χ1) is 9.48. The van der Waals surface area contributed by atoms with Gasteiger partial charge in [-0.25, -0.2) is 9.37 Å². The fourth-order valence-corrected chi connectivity index (χ4v) is 3.04. The van der Waals surface area contributed by atoms with Gasteiger partial charge in [-0.2, -0.15) is 13.3 Å². The summed E-state index contributed by atoms with van der Waals surface area (Å²) in [6.45, 7) is 0. The normalized spacial score (nSPS) is 15.4. The Balaban J connectivity index is 2.16. The third-order valence-corrected chi connectivity index (χ3v) is 4.01. The van der Waals surface area contributed by atoms with Crippen LogP contribution >= 0.6 is 15.9 Å². The monoisotopic (exact) mass is 339 g/mol. The van der Waals surface area contributed by atoms with Crippen molar-refractivity contribution in [2.75, 3.05) is 0 Å². The van der Waals surface area contributed by atoms with Gasteiger partial charge in [-0.05, 0) is 30.3 Å². The Morgan fingerprint density at radius 3 is 2.70 bits per heavy atom. The lowest BCUT2D eigenvalue weighted by atomic mass is 10.1. The number of rotatable bonds is 0. The minimum Gasteiger partial charge on any atom is -0.236 e. The number of aromatic nitrogens is 2. The van der Waals surface area contributed by atoms with Crippen molar-refractivity contribution in [3.8, 4) is 11.4 Å². The van der Waals surface area contributed by atoms with E-state index in [0.29, 0.717) is 15.6 Å². The number of fused-ring (bicyclic) bond motifs is 5. The summed E-state index contributed by atoms with van der Waals surface area (Å²) < 4.78 is 44.0. The summed E-state index contributed by atoms with van der Waals surface area (Å²) in [6, 6.07) is 5.21. The lowest BCUT2D eigenvalue weighted by molar-refractivity contribution is -0.775. The summed E-state index contributed by atoms with van der Waals surface area (Å²) >= 11 is 3.28. The van der Waals surface area contributed by atoms with Crippen molar-refractivity contribution in [1.82, 2.24) is 4.98 Å². The maximum absolute atomic E-state index is 14.6. The van der Waals surface area contributed by atoms with Crippen LogP contribution in [0.15, 0.2) is 40.9 Å². The van der Waals surface area contributed by atoms with Gasteiger partial charge >= 0.3 is 6.05 Å². The van der Waals surface area contributed by atoms with Crippen molar-refractivity contribution in [2.24, 2.45) is 0 Å². The molecule has 0 aliphatic carbocycles. The zero-order chi connectivity index (χ0) is 14.1. The lowest BCUT2D eigenvalue weighted by Gasteiger charge is -2.08. The number of nitrogens with zero attached hydrogens (tertiary/aromatic N) is 1. The highest BCUT2D eigenvalue weighted by Crippen LogP contribution is 2.42. The Morgan fingerprint density at radius 2 is 1.90 bits per heavy atom. The molecule has 6 heteroatoms. The van der Waals surface area contributed by atoms with Gasteiger partial charge in [-0.15, -0.1) is 0 Å². The molecule has 2 aromatic carbocycles. The Morgan fingerprint density at radius 1 is 1.10 bits per heavy atom. The summed E-state index contributed by atoms with van der Waals surface area (Å²) in [5.41, 5.74) is 0.961. The zero-order valence-electron chi connectivity index (χ0n) is 9.92. The van der Waals surface area contributed by atoms with Gasteiger partial charge in [0.2, 0.25) is 0 Å². The maximum Gasteiger partial charge on any atom is 0.427 e. The molecule has 0 bridgehead atoms. The number of imidazole rings is 1. The van der Waals surface area contributed by atoms with Crippen molar-refractivity contribution in [2.45, 2.75) is 6.05 Å². The van der Waals surface area contributed by atoms with Gasteiger partial charge in [0, 0.05) is 10.5 Å². The third-order valence-electron chi connectivity index (χ3n) is 3.52. The average molecular weight is 340 g/mol. The van der Waals surface area contributed by atoms with Crippen LogP contribution in [0.1, 0.15) is 5.56 Å². The molecule has 100 valence electrons. The van der Waals surface area contributed by atoms with Gasteiger partial charge in [-0.3, -0.25) is 0 Å². The maximum atomic E-state index is 14.6. The molecule has 2 heterocycles. The predicted molar refractivity (Wildman–Crippen MR) is 70.9 cm³/mol. The molecule has 1 aliphatic heterocycles. The highest BCUT2D eigenvalue weighted by Gasteiger charge is 2.52. The van der Waals surface area contributed by atoms with Crippen molar-refractivity contribution < 1.29 is 17.7 Å². The van der Waals surface area contributed by atoms with E-state index in [1.165, 1.54) is 18.2 Å². The van der Waals surface area contributed by atoms with E-state index in [2.05, 4.69) is 20.9 Å². The molecule has 0 saturated heterocycles. The van der Waals surface area contributed by atoms with Gasteiger partial charge in [-0.1, -0.05) is 15.9 Å². The fraction of sp³-hybridized carbons (Fsp3) is 0.0714. The first kappa shape index (κ1) is 12.0. The summed E-state index contributed by atoms with van der Waals surface area (Å²) in [5.74, 6) is -0.258. The summed E-state index contributed by atoms with van der Waals surface area (Å²) in [4.78, 5) is 2.94. The van der Waals surface area contributed by atoms with E-state index in [9.17, 15) is 13.2 Å². The molecule has 4 rings (SSSR count). The van der Waals surface area contributed by atoms with Crippen molar-refractivity contribution >= 4 is 27.0 Å². The number of alkyl halides is 2. The molecule has 1 aromatic heterocycles. The predicted octanol–water partition coefficient (Wildman–Crippen LogP) is 3.94. The van der Waals surface area contributed by atoms with Crippen LogP contribution in [0.2, 0.25) is 0 Å². The number of aromatic amines is 1. The Kier molecular flexibility index (Phi) is 2.17. The van der Waals surface area contributed by atoms with E-state index in [1.54, 1.807) is 12.1 Å². The van der Waals surface area contributed by atoms with Crippen LogP contribution in [0.3, 0.4) is 0 Å². The fourth-order valence-electron chi connectivity index (χ4n) is 2.67. The molecule has 0 atom stereocenters. The average Bonchev–Trinajstić information content (AvgIpc) is 2.85. The largest absolute Gasteiger partial charge is 0.427 e. The molecule has 0 unspecified atom stereocenters. The van der Waals surface area contributed by atoms with Crippen LogP contribution in [-0.2, 0) is 6.05 Å². The van der Waals surface area contributed by atoms with Crippen molar-refractivity contribution in [3.63, 3.8) is 0 Å². The second kappa shape index (κ2) is 3.63. The minimum absolute atomic E-state index is 0.0851. The van der Waals surface area contributed by atoms with Gasteiger partial charge in [0.1, 0.15) is 5.82 Å². The first-order valence-electron chi connectivity index (χ1n) is 5.90. The molecular weight excluding hydrogens is 333 g/mol. The molecule has 3 aromatic rings. The highest BCUT2D eigenvalue weighted by atomic mass is 79.9. The van der Waals surface area contributed by atoms with Crippen molar-refractivity contribution in [3.05, 3.63) is 52.3 Å². The van der Waals surface area contributed by atoms with Crippen LogP contribution in [0, 0.1) is 5.82 Å². The van der Waals surface area contributed by atoms with Crippen LogP contribution in [0.4, 0.5) is 13.2 Å². The quantitative estimate of drug-likeness (QED) is 0.598. The van der Waals surface area contributed by atoms with Gasteiger partial charge < -0.3 is 0 Å². The van der Waals surface area contributed by atoms with E-state index in [4.69, 9.17) is 0 Å². The Bertz CT molecular complexity index is 870. The molecule has 1 aliphatic rings. The smallest absolute Gasteiger partial charge is 0.236 e. The summed E-state index contributed by atoms with van der Waals surface area (Å²) in [7, 11) is 0. The molecule has 2 nitrogen and oxygen atoms in total. The molecule has 0 fully saturated rings. The summed E-state index contributed by atoms with van der Waals surface area (Å²) in [5, 5.41) is 0. The number of nitrogens with one attached hydrogen (secondary N) is 1. The molecule has 1 N–H and O–H groups in total. The Labute approximate surface area is 120 Å². The number of halogens is 4. The van der Waals surface area contributed by atoms with Crippen LogP contribution in [0.5, 0.6) is 0 Å². The second-order valence-corrected chi connectivity index (χ2v) is 5.62. The van der Waals surface area contributed by atoms with E-state index >= 15 is 0 Å². The topological polar surface area (TPSA) is 19.7 Å². The Hall–Kier alpha value is -1.82. The molecule has 20 heavy (non-hydrogen) atoms. The SMILES string of the molecule is Fc1ccc2[nH]c3[n+](c2c1)C(F)(F)c1ccc(Br)cc1-3. The standard InChI is InChI=1S/C14H6BrF3N2/c15-7-1-3-10-9(5-7)13-19-11-4-2-8(16)6-12(11)20(13)14(10,17)18/h1-6H/p+1. The molecule has 0 radical (unpaired) electrons. The van der Waals surface area contributed by atoms with E-state index in [-0.39, 0.29) is 16.9 Å². The number of H-pyrrole nitrogens is 1. The van der Waals surface area contributed by atoms with Gasteiger partial charge in [0.15, 0.2) is 11.0 Å². The van der Waals surface area contributed by atoms with Gasteiger partial charge in [0.05, 0.1) is 11.1 Å². The van der Waals surface area contributed by atoms with Crippen LogP contribution < -0.4 is 4.57 Å². The molecule has 0 amide bonds. The van der Waals surface area contributed by atoms with E-state index in [0.717, 1.165) is 10.6 Å². The van der Waals surface area contributed by atoms with Crippen LogP contribution in [-0.4, -0.2) is 4.98 Å². The molecule has 0 spiro atoms. The second-order valence-electron chi connectivity index (χ2n) is 4.70.